The first-order valence-corrected chi connectivity index (χ1v) is 9.70. The molecule has 0 radical (unpaired) electrons. The summed E-state index contributed by atoms with van der Waals surface area (Å²) < 4.78 is 18.5. The molecule has 1 fully saturated rings. The van der Waals surface area contributed by atoms with Gasteiger partial charge in [0.25, 0.3) is 0 Å². The molecule has 1 aromatic rings. The molecule has 1 aromatic carbocycles. The van der Waals surface area contributed by atoms with Gasteiger partial charge in [0.05, 0.1) is 5.92 Å². The number of nitriles is 1. The smallest absolute Gasteiger partial charge is 0.314 e. The summed E-state index contributed by atoms with van der Waals surface area (Å²) in [5, 5.41) is 8.49. The minimum atomic E-state index is -0.731. The zero-order chi connectivity index (χ0) is 18.8. The van der Waals surface area contributed by atoms with E-state index < -0.39 is 5.83 Å². The van der Waals surface area contributed by atoms with Gasteiger partial charge in [0.15, 0.2) is 5.83 Å². The lowest BCUT2D eigenvalue weighted by atomic mass is 9.82. The molecule has 0 amide bonds. The quantitative estimate of drug-likeness (QED) is 0.252. The van der Waals surface area contributed by atoms with Crippen molar-refractivity contribution in [3.63, 3.8) is 0 Å². The Balaban J connectivity index is 1.77. The third-order valence-corrected chi connectivity index (χ3v) is 5.05. The minimum absolute atomic E-state index is 0.0469. The Kier molecular flexibility index (Phi) is 8.34. The van der Waals surface area contributed by atoms with Crippen LogP contribution in [0.4, 0.5) is 4.39 Å². The lowest BCUT2D eigenvalue weighted by Crippen LogP contribution is -2.25. The van der Waals surface area contributed by atoms with Crippen LogP contribution in [0.2, 0.25) is 0 Å². The Morgan fingerprint density at radius 3 is 2.50 bits per heavy atom. The molecule has 1 saturated carbocycles. The lowest BCUT2D eigenvalue weighted by Gasteiger charge is -2.25. The summed E-state index contributed by atoms with van der Waals surface area (Å²) in [6.07, 6.45) is 10.2. The van der Waals surface area contributed by atoms with Crippen LogP contribution in [0.5, 0.6) is 5.75 Å². The molecule has 2 rings (SSSR count). The molecule has 0 atom stereocenters. The van der Waals surface area contributed by atoms with Crippen molar-refractivity contribution in [3.05, 3.63) is 41.7 Å². The van der Waals surface area contributed by atoms with E-state index in [0.717, 1.165) is 6.42 Å². The van der Waals surface area contributed by atoms with Gasteiger partial charge >= 0.3 is 5.97 Å². The molecule has 1 aliphatic rings. The average Bonchev–Trinajstić information content (AvgIpc) is 2.67. The number of nitrogens with zero attached hydrogens (tertiary/aromatic N) is 1. The Bertz CT molecular complexity index is 637. The van der Waals surface area contributed by atoms with E-state index in [-0.39, 0.29) is 17.8 Å². The van der Waals surface area contributed by atoms with Gasteiger partial charge in [-0.25, -0.2) is 0 Å². The highest BCUT2D eigenvalue weighted by Gasteiger charge is 2.27. The van der Waals surface area contributed by atoms with Crippen LogP contribution in [0.25, 0.3) is 0 Å². The van der Waals surface area contributed by atoms with Gasteiger partial charge < -0.3 is 4.74 Å². The molecule has 0 bridgehead atoms. The van der Waals surface area contributed by atoms with E-state index >= 15 is 0 Å². The first kappa shape index (κ1) is 20.2. The number of carbonyl (C=O) groups is 1. The number of allylic oxidation sites excluding steroid dienone is 2. The van der Waals surface area contributed by atoms with Gasteiger partial charge in [-0.05, 0) is 68.2 Å². The van der Waals surface area contributed by atoms with E-state index in [1.165, 1.54) is 43.4 Å². The number of ether oxygens (including phenoxy) is 1. The average molecular weight is 357 g/mol. The van der Waals surface area contributed by atoms with Crippen LogP contribution in [0.1, 0.15) is 63.9 Å². The van der Waals surface area contributed by atoms with E-state index in [1.54, 1.807) is 0 Å². The van der Waals surface area contributed by atoms with Gasteiger partial charge in [0.1, 0.15) is 11.8 Å². The zero-order valence-corrected chi connectivity index (χ0v) is 15.5. The van der Waals surface area contributed by atoms with Crippen molar-refractivity contribution in [2.24, 2.45) is 11.8 Å². The SMILES string of the molecule is CCCCCCc1ccc(OC(=O)C2CCC(/C=C(/F)C#N)CC2)cc1. The topological polar surface area (TPSA) is 50.1 Å². The van der Waals surface area contributed by atoms with Crippen molar-refractivity contribution in [3.8, 4) is 11.8 Å². The number of carbonyl (C=O) groups excluding carboxylic acids is 1. The summed E-state index contributed by atoms with van der Waals surface area (Å²) in [7, 11) is 0. The molecular weight excluding hydrogens is 329 g/mol. The molecule has 0 N–H and O–H groups in total. The summed E-state index contributed by atoms with van der Waals surface area (Å²) in [6, 6.07) is 9.29. The first-order chi connectivity index (χ1) is 12.6. The number of benzene rings is 1. The van der Waals surface area contributed by atoms with Crippen LogP contribution in [0.15, 0.2) is 36.2 Å². The van der Waals surface area contributed by atoms with Crippen molar-refractivity contribution in [2.45, 2.75) is 64.7 Å². The summed E-state index contributed by atoms with van der Waals surface area (Å²) in [6.45, 7) is 2.21. The fourth-order valence-electron chi connectivity index (χ4n) is 3.45. The van der Waals surface area contributed by atoms with Crippen molar-refractivity contribution in [1.29, 1.82) is 5.26 Å². The fourth-order valence-corrected chi connectivity index (χ4v) is 3.45. The number of esters is 1. The molecule has 0 heterocycles. The highest BCUT2D eigenvalue weighted by Crippen LogP contribution is 2.31. The van der Waals surface area contributed by atoms with Crippen LogP contribution < -0.4 is 4.74 Å². The van der Waals surface area contributed by atoms with Crippen LogP contribution >= 0.6 is 0 Å². The van der Waals surface area contributed by atoms with Crippen molar-refractivity contribution in [1.82, 2.24) is 0 Å². The monoisotopic (exact) mass is 357 g/mol. The number of unbranched alkanes of at least 4 members (excludes halogenated alkanes) is 3. The number of hydrogen-bond donors (Lipinski definition) is 0. The summed E-state index contributed by atoms with van der Waals surface area (Å²) in [5.74, 6) is -0.441. The predicted molar refractivity (Wildman–Crippen MR) is 100 cm³/mol. The Hall–Kier alpha value is -2.15. The van der Waals surface area contributed by atoms with Crippen LogP contribution in [-0.2, 0) is 11.2 Å². The minimum Gasteiger partial charge on any atom is -0.426 e. The molecule has 0 unspecified atom stereocenters. The molecule has 0 spiro atoms. The van der Waals surface area contributed by atoms with Gasteiger partial charge in [-0.1, -0.05) is 38.3 Å². The van der Waals surface area contributed by atoms with Crippen molar-refractivity contribution in [2.75, 3.05) is 0 Å². The Labute approximate surface area is 155 Å². The Morgan fingerprint density at radius 2 is 1.88 bits per heavy atom. The molecular formula is C22H28FNO2. The Morgan fingerprint density at radius 1 is 1.19 bits per heavy atom. The summed E-state index contributed by atoms with van der Waals surface area (Å²) in [4.78, 5) is 12.3. The number of aryl methyl sites for hydroxylation is 1. The first-order valence-electron chi connectivity index (χ1n) is 9.70. The van der Waals surface area contributed by atoms with Crippen LogP contribution in [0.3, 0.4) is 0 Å². The molecule has 0 aromatic heterocycles. The van der Waals surface area contributed by atoms with Crippen LogP contribution in [0, 0.1) is 23.2 Å². The molecule has 3 nitrogen and oxygen atoms in total. The highest BCUT2D eigenvalue weighted by atomic mass is 19.1. The second-order valence-electron chi connectivity index (χ2n) is 7.11. The van der Waals surface area contributed by atoms with Gasteiger partial charge in [-0.15, -0.1) is 0 Å². The standard InChI is InChI=1S/C22H28FNO2/c1-2-3-4-5-6-17-9-13-21(14-10-17)26-22(25)19-11-7-18(8-12-19)15-20(23)16-24/h9-10,13-15,18-19H,2-8,11-12H2,1H3/b20-15+. The van der Waals surface area contributed by atoms with E-state index in [0.29, 0.717) is 31.4 Å². The third-order valence-electron chi connectivity index (χ3n) is 5.05. The molecule has 26 heavy (non-hydrogen) atoms. The van der Waals surface area contributed by atoms with E-state index in [9.17, 15) is 9.18 Å². The van der Waals surface area contributed by atoms with Crippen LogP contribution in [-0.4, -0.2) is 5.97 Å². The number of hydrogen-bond acceptors (Lipinski definition) is 3. The largest absolute Gasteiger partial charge is 0.426 e. The van der Waals surface area contributed by atoms with Crippen molar-refractivity contribution >= 4 is 5.97 Å². The number of halogens is 1. The maximum atomic E-state index is 13.0. The zero-order valence-electron chi connectivity index (χ0n) is 15.5. The molecule has 0 aliphatic heterocycles. The fraction of sp³-hybridized carbons (Fsp3) is 0.545. The lowest BCUT2D eigenvalue weighted by molar-refractivity contribution is -0.140. The highest BCUT2D eigenvalue weighted by molar-refractivity contribution is 5.75. The maximum absolute atomic E-state index is 13.0. The maximum Gasteiger partial charge on any atom is 0.314 e. The number of rotatable bonds is 8. The predicted octanol–water partition coefficient (Wildman–Crippen LogP) is 5.90. The van der Waals surface area contributed by atoms with Crippen molar-refractivity contribution < 1.29 is 13.9 Å². The van der Waals surface area contributed by atoms with Gasteiger partial charge in [-0.2, -0.15) is 9.65 Å². The summed E-state index contributed by atoms with van der Waals surface area (Å²) >= 11 is 0. The van der Waals surface area contributed by atoms with E-state index in [2.05, 4.69) is 6.92 Å². The second kappa shape index (κ2) is 10.8. The normalized spacial score (nSPS) is 20.4. The summed E-state index contributed by atoms with van der Waals surface area (Å²) in [5.41, 5.74) is 1.27. The molecule has 4 heteroatoms. The van der Waals surface area contributed by atoms with E-state index in [1.807, 2.05) is 24.3 Å². The van der Waals surface area contributed by atoms with Gasteiger partial charge in [0, 0.05) is 0 Å². The second-order valence-corrected chi connectivity index (χ2v) is 7.11. The molecule has 140 valence electrons. The molecule has 0 saturated heterocycles. The van der Waals surface area contributed by atoms with Gasteiger partial charge in [-0.3, -0.25) is 4.79 Å². The van der Waals surface area contributed by atoms with Gasteiger partial charge in [0.2, 0.25) is 0 Å². The van der Waals surface area contributed by atoms with E-state index in [4.69, 9.17) is 10.00 Å². The third kappa shape index (κ3) is 6.63. The molecule has 1 aliphatic carbocycles.